The zero-order valence-corrected chi connectivity index (χ0v) is 17.0. The fourth-order valence-electron chi connectivity index (χ4n) is 3.35. The van der Waals surface area contributed by atoms with Crippen LogP contribution in [0.2, 0.25) is 0 Å². The molecule has 26 heavy (non-hydrogen) atoms. The number of nitrogens with one attached hydrogen (secondary N) is 2. The standard InChI is InChI=1S/C21H33N5/c1-7-19-18(20(8-2)26(6)25-19)14-23-21(22-5)24-16(4)15(3)17-12-10-9-11-13-17/h9-13,15-16H,7-8,14H2,1-6H3,(H2,22,23,24). The first kappa shape index (κ1) is 20.0. The van der Waals surface area contributed by atoms with Crippen LogP contribution in [0, 0.1) is 0 Å². The van der Waals surface area contributed by atoms with Crippen molar-refractivity contribution >= 4 is 5.96 Å². The molecule has 0 aliphatic heterocycles. The van der Waals surface area contributed by atoms with E-state index in [2.05, 4.69) is 78.8 Å². The molecule has 1 heterocycles. The summed E-state index contributed by atoms with van der Waals surface area (Å²) < 4.78 is 2.01. The molecule has 0 amide bonds. The van der Waals surface area contributed by atoms with Gasteiger partial charge >= 0.3 is 0 Å². The molecule has 0 aliphatic carbocycles. The Morgan fingerprint density at radius 1 is 1.15 bits per heavy atom. The highest BCUT2D eigenvalue weighted by atomic mass is 15.3. The molecule has 2 unspecified atom stereocenters. The Bertz CT molecular complexity index is 718. The number of aliphatic imine (C=N–C) groups is 1. The highest BCUT2D eigenvalue weighted by Crippen LogP contribution is 2.19. The maximum atomic E-state index is 4.65. The summed E-state index contributed by atoms with van der Waals surface area (Å²) in [7, 11) is 3.85. The van der Waals surface area contributed by atoms with E-state index in [4.69, 9.17) is 0 Å². The lowest BCUT2D eigenvalue weighted by molar-refractivity contribution is 0.550. The summed E-state index contributed by atoms with van der Waals surface area (Å²) >= 11 is 0. The third kappa shape index (κ3) is 4.65. The van der Waals surface area contributed by atoms with E-state index in [1.165, 1.54) is 16.8 Å². The quantitative estimate of drug-likeness (QED) is 0.591. The van der Waals surface area contributed by atoms with Crippen LogP contribution in [0.3, 0.4) is 0 Å². The average Bonchev–Trinajstić information content (AvgIpc) is 2.99. The van der Waals surface area contributed by atoms with Crippen molar-refractivity contribution in [3.05, 3.63) is 52.8 Å². The topological polar surface area (TPSA) is 54.2 Å². The number of benzene rings is 1. The molecular weight excluding hydrogens is 322 g/mol. The molecule has 0 radical (unpaired) electrons. The largest absolute Gasteiger partial charge is 0.353 e. The molecule has 2 N–H and O–H groups in total. The lowest BCUT2D eigenvalue weighted by Gasteiger charge is -2.24. The van der Waals surface area contributed by atoms with E-state index in [1.807, 2.05) is 18.8 Å². The fourth-order valence-corrected chi connectivity index (χ4v) is 3.35. The van der Waals surface area contributed by atoms with Crippen molar-refractivity contribution in [1.29, 1.82) is 0 Å². The Hall–Kier alpha value is -2.30. The number of rotatable bonds is 7. The van der Waals surface area contributed by atoms with Crippen molar-refractivity contribution in [3.63, 3.8) is 0 Å². The second-order valence-corrected chi connectivity index (χ2v) is 6.76. The summed E-state index contributed by atoms with van der Waals surface area (Å²) in [5.74, 6) is 1.22. The average molecular weight is 356 g/mol. The second kappa shape index (κ2) is 9.41. The van der Waals surface area contributed by atoms with Crippen LogP contribution in [0.25, 0.3) is 0 Å². The Morgan fingerprint density at radius 3 is 2.42 bits per heavy atom. The van der Waals surface area contributed by atoms with E-state index in [0.717, 1.165) is 31.0 Å². The van der Waals surface area contributed by atoms with Gasteiger partial charge in [0.15, 0.2) is 5.96 Å². The summed E-state index contributed by atoms with van der Waals surface area (Å²) in [4.78, 5) is 4.40. The highest BCUT2D eigenvalue weighted by Gasteiger charge is 2.17. The molecule has 2 atom stereocenters. The zero-order valence-electron chi connectivity index (χ0n) is 17.0. The smallest absolute Gasteiger partial charge is 0.191 e. The molecule has 1 aromatic heterocycles. The monoisotopic (exact) mass is 355 g/mol. The van der Waals surface area contributed by atoms with E-state index in [9.17, 15) is 0 Å². The maximum absolute atomic E-state index is 4.65. The van der Waals surface area contributed by atoms with Crippen LogP contribution in [0.1, 0.15) is 56.1 Å². The number of hydrogen-bond donors (Lipinski definition) is 2. The van der Waals surface area contributed by atoms with Crippen LogP contribution in [0.4, 0.5) is 0 Å². The van der Waals surface area contributed by atoms with Gasteiger partial charge in [0, 0.05) is 43.9 Å². The normalized spacial score (nSPS) is 14.2. The highest BCUT2D eigenvalue weighted by molar-refractivity contribution is 5.80. The molecule has 0 spiro atoms. The van der Waals surface area contributed by atoms with Gasteiger partial charge in [-0.3, -0.25) is 9.67 Å². The number of nitrogens with zero attached hydrogens (tertiary/aromatic N) is 3. The first-order valence-electron chi connectivity index (χ1n) is 9.57. The molecule has 0 fully saturated rings. The van der Waals surface area contributed by atoms with Gasteiger partial charge in [-0.15, -0.1) is 0 Å². The summed E-state index contributed by atoms with van der Waals surface area (Å²) in [6.07, 6.45) is 1.92. The van der Waals surface area contributed by atoms with Gasteiger partial charge < -0.3 is 10.6 Å². The lowest BCUT2D eigenvalue weighted by Crippen LogP contribution is -2.44. The Balaban J connectivity index is 2.02. The van der Waals surface area contributed by atoms with Crippen LogP contribution < -0.4 is 10.6 Å². The van der Waals surface area contributed by atoms with E-state index >= 15 is 0 Å². The number of aromatic nitrogens is 2. The lowest BCUT2D eigenvalue weighted by atomic mass is 9.94. The van der Waals surface area contributed by atoms with Gasteiger partial charge in [0.25, 0.3) is 0 Å². The molecule has 0 bridgehead atoms. The first-order valence-corrected chi connectivity index (χ1v) is 9.57. The van der Waals surface area contributed by atoms with Crippen LogP contribution in [-0.2, 0) is 26.4 Å². The summed E-state index contributed by atoms with van der Waals surface area (Å²) in [6, 6.07) is 10.9. The van der Waals surface area contributed by atoms with Crippen molar-refractivity contribution in [1.82, 2.24) is 20.4 Å². The number of hydrogen-bond acceptors (Lipinski definition) is 2. The minimum atomic E-state index is 0.272. The minimum absolute atomic E-state index is 0.272. The molecule has 142 valence electrons. The van der Waals surface area contributed by atoms with Crippen molar-refractivity contribution in [2.24, 2.45) is 12.0 Å². The molecule has 0 saturated heterocycles. The fraction of sp³-hybridized carbons (Fsp3) is 0.524. The Kier molecular flexibility index (Phi) is 7.25. The van der Waals surface area contributed by atoms with Crippen molar-refractivity contribution < 1.29 is 0 Å². The van der Waals surface area contributed by atoms with Gasteiger partial charge in [-0.05, 0) is 25.3 Å². The first-order chi connectivity index (χ1) is 12.5. The predicted molar refractivity (Wildman–Crippen MR) is 110 cm³/mol. The van der Waals surface area contributed by atoms with E-state index in [-0.39, 0.29) is 6.04 Å². The molecule has 2 rings (SSSR count). The van der Waals surface area contributed by atoms with Crippen molar-refractivity contribution in [2.45, 2.75) is 59.0 Å². The molecule has 1 aromatic carbocycles. The molecule has 0 aliphatic rings. The van der Waals surface area contributed by atoms with Gasteiger partial charge in [0.05, 0.1) is 5.69 Å². The minimum Gasteiger partial charge on any atom is -0.353 e. The summed E-state index contributed by atoms with van der Waals surface area (Å²) in [6.45, 7) is 9.51. The van der Waals surface area contributed by atoms with Crippen LogP contribution in [0.15, 0.2) is 35.3 Å². The third-order valence-corrected chi connectivity index (χ3v) is 5.12. The third-order valence-electron chi connectivity index (χ3n) is 5.12. The van der Waals surface area contributed by atoms with Gasteiger partial charge in [0.2, 0.25) is 0 Å². The van der Waals surface area contributed by atoms with E-state index in [0.29, 0.717) is 5.92 Å². The van der Waals surface area contributed by atoms with E-state index in [1.54, 1.807) is 0 Å². The molecule has 0 saturated carbocycles. The van der Waals surface area contributed by atoms with Crippen molar-refractivity contribution in [2.75, 3.05) is 7.05 Å². The van der Waals surface area contributed by atoms with Gasteiger partial charge in [-0.1, -0.05) is 51.1 Å². The zero-order chi connectivity index (χ0) is 19.1. The van der Waals surface area contributed by atoms with Crippen LogP contribution in [-0.4, -0.2) is 28.8 Å². The van der Waals surface area contributed by atoms with Crippen LogP contribution in [0.5, 0.6) is 0 Å². The molecule has 2 aromatic rings. The second-order valence-electron chi connectivity index (χ2n) is 6.76. The number of guanidine groups is 1. The summed E-state index contributed by atoms with van der Waals surface area (Å²) in [5, 5.41) is 11.6. The molecule has 5 heteroatoms. The Morgan fingerprint density at radius 2 is 1.85 bits per heavy atom. The summed E-state index contributed by atoms with van der Waals surface area (Å²) in [5.41, 5.74) is 5.08. The van der Waals surface area contributed by atoms with E-state index < -0.39 is 0 Å². The predicted octanol–water partition coefficient (Wildman–Crippen LogP) is 3.40. The maximum Gasteiger partial charge on any atom is 0.191 e. The van der Waals surface area contributed by atoms with Gasteiger partial charge in [-0.25, -0.2) is 0 Å². The van der Waals surface area contributed by atoms with Crippen LogP contribution >= 0.6 is 0 Å². The van der Waals surface area contributed by atoms with Gasteiger partial charge in [-0.2, -0.15) is 5.10 Å². The van der Waals surface area contributed by atoms with Gasteiger partial charge in [0.1, 0.15) is 0 Å². The number of aryl methyl sites for hydroxylation is 2. The van der Waals surface area contributed by atoms with Crippen molar-refractivity contribution in [3.8, 4) is 0 Å². The molecule has 5 nitrogen and oxygen atoms in total. The SMILES string of the molecule is CCc1nn(C)c(CC)c1CNC(=NC)NC(C)C(C)c1ccccc1. The Labute approximate surface area is 157 Å². The molecular formula is C21H33N5.